The fourth-order valence-corrected chi connectivity index (χ4v) is 3.98. The van der Waals surface area contributed by atoms with Gasteiger partial charge in [0.1, 0.15) is 0 Å². The van der Waals surface area contributed by atoms with Crippen LogP contribution >= 0.6 is 11.3 Å². The molecular weight excluding hydrogens is 252 g/mol. The Balaban J connectivity index is 1.93. The van der Waals surface area contributed by atoms with Crippen molar-refractivity contribution < 1.29 is 0 Å². The molecule has 0 bridgehead atoms. The second-order valence-corrected chi connectivity index (χ2v) is 8.25. The van der Waals surface area contributed by atoms with Crippen molar-refractivity contribution in [1.29, 1.82) is 0 Å². The summed E-state index contributed by atoms with van der Waals surface area (Å²) in [6.45, 7) is 11.2. The summed E-state index contributed by atoms with van der Waals surface area (Å²) in [6.07, 6.45) is 7.38. The van der Waals surface area contributed by atoms with Crippen LogP contribution in [0.25, 0.3) is 0 Å². The maximum Gasteiger partial charge on any atom is 0.0981 e. The van der Waals surface area contributed by atoms with Crippen LogP contribution < -0.4 is 5.32 Å². The first kappa shape index (κ1) is 15.0. The maximum atomic E-state index is 4.63. The first-order chi connectivity index (χ1) is 8.86. The smallest absolute Gasteiger partial charge is 0.0981 e. The van der Waals surface area contributed by atoms with Crippen LogP contribution in [0.3, 0.4) is 0 Å². The average Bonchev–Trinajstić information content (AvgIpc) is 2.78. The molecule has 0 unspecified atom stereocenters. The fourth-order valence-electron chi connectivity index (χ4n) is 2.84. The summed E-state index contributed by atoms with van der Waals surface area (Å²) in [4.78, 5) is 6.14. The molecule has 1 heterocycles. The highest BCUT2D eigenvalue weighted by molar-refractivity contribution is 7.11. The molecule has 1 saturated carbocycles. The maximum absolute atomic E-state index is 4.63. The highest BCUT2D eigenvalue weighted by Crippen LogP contribution is 2.38. The van der Waals surface area contributed by atoms with E-state index in [1.54, 1.807) is 0 Å². The summed E-state index contributed by atoms with van der Waals surface area (Å²) in [5.41, 5.74) is 0.194. The van der Waals surface area contributed by atoms with E-state index in [0.717, 1.165) is 12.0 Å². The first-order valence-electron chi connectivity index (χ1n) is 7.58. The highest BCUT2D eigenvalue weighted by atomic mass is 32.1. The molecule has 3 heteroatoms. The minimum absolute atomic E-state index is 0.194. The molecule has 19 heavy (non-hydrogen) atoms. The Labute approximate surface area is 122 Å². The van der Waals surface area contributed by atoms with Gasteiger partial charge in [-0.25, -0.2) is 4.98 Å². The molecule has 0 amide bonds. The molecular formula is C16H28N2S. The standard InChI is InChI=1S/C16H28N2S/c1-11(2)18-13-8-6-12(7-9-13)14-10-17-15(19-14)16(3,4)5/h10-13,18H,6-9H2,1-5H3. The normalized spacial score (nSPS) is 24.9. The zero-order valence-electron chi connectivity index (χ0n) is 13.0. The third-order valence-corrected chi connectivity index (χ3v) is 5.45. The van der Waals surface area contributed by atoms with Gasteiger partial charge in [0.25, 0.3) is 0 Å². The number of hydrogen-bond donors (Lipinski definition) is 1. The highest BCUT2D eigenvalue weighted by Gasteiger charge is 2.26. The minimum atomic E-state index is 0.194. The Morgan fingerprint density at radius 2 is 1.84 bits per heavy atom. The SMILES string of the molecule is CC(C)NC1CCC(c2cnc(C(C)(C)C)s2)CC1. The van der Waals surface area contributed by atoms with Gasteiger partial charge in [-0.3, -0.25) is 0 Å². The lowest BCUT2D eigenvalue weighted by Gasteiger charge is -2.29. The van der Waals surface area contributed by atoms with Crippen molar-refractivity contribution >= 4 is 11.3 Å². The minimum Gasteiger partial charge on any atom is -0.312 e. The van der Waals surface area contributed by atoms with Gasteiger partial charge in [-0.15, -0.1) is 11.3 Å². The molecule has 2 rings (SSSR count). The van der Waals surface area contributed by atoms with Gasteiger partial charge < -0.3 is 5.32 Å². The second kappa shape index (κ2) is 5.92. The van der Waals surface area contributed by atoms with E-state index in [9.17, 15) is 0 Å². The molecule has 108 valence electrons. The summed E-state index contributed by atoms with van der Waals surface area (Å²) in [5, 5.41) is 4.95. The number of nitrogens with one attached hydrogen (secondary N) is 1. The van der Waals surface area contributed by atoms with Crippen molar-refractivity contribution in [2.75, 3.05) is 0 Å². The summed E-state index contributed by atoms with van der Waals surface area (Å²) in [7, 11) is 0. The molecule has 1 aromatic rings. The monoisotopic (exact) mass is 280 g/mol. The Morgan fingerprint density at radius 3 is 2.32 bits per heavy atom. The largest absolute Gasteiger partial charge is 0.312 e. The first-order valence-corrected chi connectivity index (χ1v) is 8.40. The topological polar surface area (TPSA) is 24.9 Å². The number of rotatable bonds is 3. The summed E-state index contributed by atoms with van der Waals surface area (Å²) in [5.74, 6) is 0.749. The van der Waals surface area contributed by atoms with Gasteiger partial charge in [-0.2, -0.15) is 0 Å². The Morgan fingerprint density at radius 1 is 1.21 bits per heavy atom. The number of aromatic nitrogens is 1. The molecule has 0 radical (unpaired) electrons. The van der Waals surface area contributed by atoms with Gasteiger partial charge in [-0.05, 0) is 31.6 Å². The lowest BCUT2D eigenvalue weighted by Crippen LogP contribution is -2.37. The van der Waals surface area contributed by atoms with E-state index in [1.165, 1.54) is 35.6 Å². The fraction of sp³-hybridized carbons (Fsp3) is 0.812. The van der Waals surface area contributed by atoms with Crippen molar-refractivity contribution in [3.8, 4) is 0 Å². The Kier molecular flexibility index (Phi) is 4.67. The van der Waals surface area contributed by atoms with Crippen LogP contribution in [0.2, 0.25) is 0 Å². The molecule has 0 spiro atoms. The number of nitrogens with zero attached hydrogens (tertiary/aromatic N) is 1. The van der Waals surface area contributed by atoms with Crippen LogP contribution in [0.15, 0.2) is 6.20 Å². The predicted octanol–water partition coefficient (Wildman–Crippen LogP) is 4.46. The third kappa shape index (κ3) is 4.03. The van der Waals surface area contributed by atoms with Crippen molar-refractivity contribution in [2.24, 2.45) is 0 Å². The van der Waals surface area contributed by atoms with Crippen LogP contribution in [-0.2, 0) is 5.41 Å². The van der Waals surface area contributed by atoms with Crippen LogP contribution in [0, 0.1) is 0 Å². The van der Waals surface area contributed by atoms with E-state index < -0.39 is 0 Å². The molecule has 0 aliphatic heterocycles. The molecule has 1 fully saturated rings. The molecule has 1 aliphatic carbocycles. The van der Waals surface area contributed by atoms with Gasteiger partial charge >= 0.3 is 0 Å². The molecule has 1 aliphatic rings. The van der Waals surface area contributed by atoms with Crippen molar-refractivity contribution in [1.82, 2.24) is 10.3 Å². The van der Waals surface area contributed by atoms with Crippen molar-refractivity contribution in [3.63, 3.8) is 0 Å². The zero-order chi connectivity index (χ0) is 14.0. The van der Waals surface area contributed by atoms with Gasteiger partial charge in [0.2, 0.25) is 0 Å². The van der Waals surface area contributed by atoms with Crippen molar-refractivity contribution in [2.45, 2.75) is 83.7 Å². The van der Waals surface area contributed by atoms with E-state index in [2.05, 4.69) is 51.1 Å². The van der Waals surface area contributed by atoms with Gasteiger partial charge in [0.05, 0.1) is 5.01 Å². The van der Waals surface area contributed by atoms with Gasteiger partial charge in [0.15, 0.2) is 0 Å². The second-order valence-electron chi connectivity index (χ2n) is 7.19. The molecule has 2 nitrogen and oxygen atoms in total. The molecule has 1 N–H and O–H groups in total. The molecule has 0 atom stereocenters. The van der Waals surface area contributed by atoms with E-state index in [1.807, 2.05) is 11.3 Å². The Bertz CT molecular complexity index is 395. The average molecular weight is 280 g/mol. The molecule has 1 aromatic heterocycles. The molecule has 0 saturated heterocycles. The van der Waals surface area contributed by atoms with Gasteiger partial charge in [-0.1, -0.05) is 34.6 Å². The zero-order valence-corrected chi connectivity index (χ0v) is 13.8. The van der Waals surface area contributed by atoms with Crippen LogP contribution in [0.4, 0.5) is 0 Å². The predicted molar refractivity (Wildman–Crippen MR) is 84.1 cm³/mol. The quantitative estimate of drug-likeness (QED) is 0.884. The number of hydrogen-bond acceptors (Lipinski definition) is 3. The van der Waals surface area contributed by atoms with Crippen molar-refractivity contribution in [3.05, 3.63) is 16.1 Å². The van der Waals surface area contributed by atoms with E-state index in [4.69, 9.17) is 0 Å². The van der Waals surface area contributed by atoms with Crippen LogP contribution in [0.5, 0.6) is 0 Å². The van der Waals surface area contributed by atoms with Crippen LogP contribution in [-0.4, -0.2) is 17.1 Å². The third-order valence-electron chi connectivity index (χ3n) is 3.86. The van der Waals surface area contributed by atoms with E-state index >= 15 is 0 Å². The van der Waals surface area contributed by atoms with E-state index in [-0.39, 0.29) is 5.41 Å². The lowest BCUT2D eigenvalue weighted by molar-refractivity contribution is 0.328. The van der Waals surface area contributed by atoms with Gasteiger partial charge in [0, 0.05) is 28.6 Å². The number of thiazole rings is 1. The summed E-state index contributed by atoms with van der Waals surface area (Å²) < 4.78 is 0. The molecule has 0 aromatic carbocycles. The summed E-state index contributed by atoms with van der Waals surface area (Å²) >= 11 is 1.93. The Hall–Kier alpha value is -0.410. The summed E-state index contributed by atoms with van der Waals surface area (Å²) in [6, 6.07) is 1.34. The lowest BCUT2D eigenvalue weighted by atomic mass is 9.85. The van der Waals surface area contributed by atoms with Crippen LogP contribution in [0.1, 0.15) is 76.1 Å². The van der Waals surface area contributed by atoms with E-state index in [0.29, 0.717) is 6.04 Å².